The zero-order valence-corrected chi connectivity index (χ0v) is 11.2. The number of hydrogen-bond donors (Lipinski definition) is 1. The number of amides is 2. The molecule has 0 fully saturated rings. The van der Waals surface area contributed by atoms with Crippen LogP contribution < -0.4 is 5.32 Å². The van der Waals surface area contributed by atoms with Crippen molar-refractivity contribution < 1.29 is 9.32 Å². The highest BCUT2D eigenvalue weighted by Gasteiger charge is 2.20. The van der Waals surface area contributed by atoms with Crippen LogP contribution in [0.2, 0.25) is 0 Å². The van der Waals surface area contributed by atoms with Gasteiger partial charge in [-0.2, -0.15) is 0 Å². The van der Waals surface area contributed by atoms with Gasteiger partial charge >= 0.3 is 6.03 Å². The van der Waals surface area contributed by atoms with E-state index < -0.39 is 0 Å². The highest BCUT2D eigenvalue weighted by atomic mass is 16.5. The van der Waals surface area contributed by atoms with Gasteiger partial charge < -0.3 is 9.42 Å². The molecule has 0 aliphatic heterocycles. The molecule has 0 saturated carbocycles. The van der Waals surface area contributed by atoms with Gasteiger partial charge in [0.1, 0.15) is 5.76 Å². The molecule has 0 bridgehead atoms. The SMILES string of the molecule is CCCN(C)C(=O)Nc1cc(C(C)(C)C)on1. The van der Waals surface area contributed by atoms with Crippen molar-refractivity contribution in [2.75, 3.05) is 18.9 Å². The number of nitrogens with one attached hydrogen (secondary N) is 1. The number of aromatic nitrogens is 1. The first-order valence-corrected chi connectivity index (χ1v) is 5.84. The summed E-state index contributed by atoms with van der Waals surface area (Å²) < 4.78 is 5.19. The summed E-state index contributed by atoms with van der Waals surface area (Å²) in [4.78, 5) is 13.3. The van der Waals surface area contributed by atoms with E-state index in [4.69, 9.17) is 4.52 Å². The third-order valence-corrected chi connectivity index (χ3v) is 2.39. The quantitative estimate of drug-likeness (QED) is 0.882. The van der Waals surface area contributed by atoms with Crippen LogP contribution in [0.1, 0.15) is 39.9 Å². The van der Waals surface area contributed by atoms with Crippen LogP contribution in [0.3, 0.4) is 0 Å². The zero-order valence-electron chi connectivity index (χ0n) is 11.2. The van der Waals surface area contributed by atoms with Gasteiger partial charge in [-0.3, -0.25) is 5.32 Å². The van der Waals surface area contributed by atoms with E-state index in [9.17, 15) is 4.79 Å². The summed E-state index contributed by atoms with van der Waals surface area (Å²) >= 11 is 0. The molecule has 0 aliphatic rings. The Kier molecular flexibility index (Phi) is 4.15. The molecule has 1 N–H and O–H groups in total. The molecular weight excluding hydrogens is 218 g/mol. The average Bonchev–Trinajstić information content (AvgIpc) is 2.66. The summed E-state index contributed by atoms with van der Waals surface area (Å²) in [5, 5.41) is 6.53. The molecule has 1 aromatic rings. The van der Waals surface area contributed by atoms with Crippen LogP contribution in [0.4, 0.5) is 10.6 Å². The van der Waals surface area contributed by atoms with Crippen LogP contribution in [0.15, 0.2) is 10.6 Å². The van der Waals surface area contributed by atoms with E-state index in [1.807, 2.05) is 27.7 Å². The maximum atomic E-state index is 11.7. The number of nitrogens with zero attached hydrogens (tertiary/aromatic N) is 2. The second-order valence-corrected chi connectivity index (χ2v) is 5.18. The van der Waals surface area contributed by atoms with Crippen LogP contribution in [0.25, 0.3) is 0 Å². The normalized spacial score (nSPS) is 11.4. The lowest BCUT2D eigenvalue weighted by Crippen LogP contribution is -2.31. The predicted molar refractivity (Wildman–Crippen MR) is 67.1 cm³/mol. The summed E-state index contributed by atoms with van der Waals surface area (Å²) in [5.74, 6) is 1.22. The Morgan fingerprint density at radius 1 is 1.53 bits per heavy atom. The van der Waals surface area contributed by atoms with E-state index in [1.54, 1.807) is 18.0 Å². The van der Waals surface area contributed by atoms with Gasteiger partial charge in [0.05, 0.1) is 0 Å². The molecule has 96 valence electrons. The Balaban J connectivity index is 2.64. The Hall–Kier alpha value is -1.52. The van der Waals surface area contributed by atoms with Gasteiger partial charge in [0, 0.05) is 25.1 Å². The van der Waals surface area contributed by atoms with Crippen molar-refractivity contribution in [3.63, 3.8) is 0 Å². The fourth-order valence-electron chi connectivity index (χ4n) is 1.33. The number of rotatable bonds is 3. The number of carbonyl (C=O) groups excluding carboxylic acids is 1. The van der Waals surface area contributed by atoms with Crippen molar-refractivity contribution in [2.45, 2.75) is 39.5 Å². The van der Waals surface area contributed by atoms with Crippen molar-refractivity contribution in [1.82, 2.24) is 10.1 Å². The minimum atomic E-state index is -0.166. The molecule has 0 radical (unpaired) electrons. The van der Waals surface area contributed by atoms with Gasteiger partial charge in [-0.05, 0) is 6.42 Å². The summed E-state index contributed by atoms with van der Waals surface area (Å²) in [7, 11) is 1.75. The maximum absolute atomic E-state index is 11.7. The van der Waals surface area contributed by atoms with Crippen LogP contribution in [-0.2, 0) is 5.41 Å². The highest BCUT2D eigenvalue weighted by molar-refractivity contribution is 5.88. The number of hydrogen-bond acceptors (Lipinski definition) is 3. The molecule has 5 nitrogen and oxygen atoms in total. The molecule has 0 spiro atoms. The van der Waals surface area contributed by atoms with Gasteiger partial charge in [0.2, 0.25) is 0 Å². The third-order valence-electron chi connectivity index (χ3n) is 2.39. The van der Waals surface area contributed by atoms with E-state index in [0.29, 0.717) is 5.82 Å². The predicted octanol–water partition coefficient (Wildman–Crippen LogP) is 2.85. The first-order valence-electron chi connectivity index (χ1n) is 5.84. The van der Waals surface area contributed by atoms with Gasteiger partial charge in [-0.25, -0.2) is 4.79 Å². The van der Waals surface area contributed by atoms with Crippen molar-refractivity contribution in [1.29, 1.82) is 0 Å². The second kappa shape index (κ2) is 5.21. The van der Waals surface area contributed by atoms with Gasteiger partial charge in [0.25, 0.3) is 0 Å². The second-order valence-electron chi connectivity index (χ2n) is 5.18. The third kappa shape index (κ3) is 3.76. The molecule has 0 aliphatic carbocycles. The number of anilines is 1. The average molecular weight is 239 g/mol. The fraction of sp³-hybridized carbons (Fsp3) is 0.667. The molecule has 1 rings (SSSR count). The Morgan fingerprint density at radius 3 is 2.65 bits per heavy atom. The molecule has 0 atom stereocenters. The fourth-order valence-corrected chi connectivity index (χ4v) is 1.33. The van der Waals surface area contributed by atoms with Crippen molar-refractivity contribution in [2.24, 2.45) is 0 Å². The minimum Gasteiger partial charge on any atom is -0.359 e. The molecule has 0 aromatic carbocycles. The molecule has 0 saturated heterocycles. The van der Waals surface area contributed by atoms with Gasteiger partial charge in [-0.15, -0.1) is 0 Å². The lowest BCUT2D eigenvalue weighted by Gasteiger charge is -2.15. The maximum Gasteiger partial charge on any atom is 0.322 e. The lowest BCUT2D eigenvalue weighted by molar-refractivity contribution is 0.222. The highest BCUT2D eigenvalue weighted by Crippen LogP contribution is 2.24. The summed E-state index contributed by atoms with van der Waals surface area (Å²) in [6.07, 6.45) is 0.927. The van der Waals surface area contributed by atoms with E-state index in [1.165, 1.54) is 0 Å². The van der Waals surface area contributed by atoms with E-state index >= 15 is 0 Å². The van der Waals surface area contributed by atoms with Gasteiger partial charge in [-0.1, -0.05) is 32.9 Å². The molecule has 5 heteroatoms. The first-order chi connectivity index (χ1) is 7.84. The van der Waals surface area contributed by atoms with E-state index in [2.05, 4.69) is 10.5 Å². The smallest absolute Gasteiger partial charge is 0.322 e. The summed E-state index contributed by atoms with van der Waals surface area (Å²) in [6, 6.07) is 1.60. The molecule has 17 heavy (non-hydrogen) atoms. The van der Waals surface area contributed by atoms with Crippen LogP contribution in [0, 0.1) is 0 Å². The summed E-state index contributed by atoms with van der Waals surface area (Å²) in [6.45, 7) is 8.83. The van der Waals surface area contributed by atoms with Crippen molar-refractivity contribution >= 4 is 11.8 Å². The minimum absolute atomic E-state index is 0.106. The Morgan fingerprint density at radius 2 is 2.18 bits per heavy atom. The largest absolute Gasteiger partial charge is 0.359 e. The van der Waals surface area contributed by atoms with E-state index in [0.717, 1.165) is 18.7 Å². The first kappa shape index (κ1) is 13.5. The molecule has 2 amide bonds. The monoisotopic (exact) mass is 239 g/mol. The molecule has 1 heterocycles. The van der Waals surface area contributed by atoms with Crippen LogP contribution in [-0.4, -0.2) is 29.7 Å². The van der Waals surface area contributed by atoms with Gasteiger partial charge in [0.15, 0.2) is 5.82 Å². The van der Waals surface area contributed by atoms with Crippen LogP contribution >= 0.6 is 0 Å². The van der Waals surface area contributed by atoms with Crippen LogP contribution in [0.5, 0.6) is 0 Å². The van der Waals surface area contributed by atoms with Crippen molar-refractivity contribution in [3.05, 3.63) is 11.8 Å². The molecule has 1 aromatic heterocycles. The zero-order chi connectivity index (χ0) is 13.1. The Labute approximate surface area is 102 Å². The molecular formula is C12H21N3O2. The Bertz CT molecular complexity index is 379. The van der Waals surface area contributed by atoms with E-state index in [-0.39, 0.29) is 11.4 Å². The standard InChI is InChI=1S/C12H21N3O2/c1-6-7-15(5)11(16)13-10-8-9(17-14-10)12(2,3)4/h8H,6-7H2,1-5H3,(H,13,14,16). The lowest BCUT2D eigenvalue weighted by atomic mass is 9.93. The summed E-state index contributed by atoms with van der Waals surface area (Å²) in [5.41, 5.74) is -0.106. The topological polar surface area (TPSA) is 58.4 Å². The molecule has 0 unspecified atom stereocenters. The number of carbonyl (C=O) groups is 1. The number of urea groups is 1. The van der Waals surface area contributed by atoms with Crippen molar-refractivity contribution in [3.8, 4) is 0 Å².